The fourth-order valence-corrected chi connectivity index (χ4v) is 2.93. The Morgan fingerprint density at radius 3 is 2.91 bits per heavy atom. The highest BCUT2D eigenvalue weighted by Gasteiger charge is 2.25. The summed E-state index contributed by atoms with van der Waals surface area (Å²) in [6.45, 7) is 3.27. The maximum atomic E-state index is 12.4. The van der Waals surface area contributed by atoms with Crippen molar-refractivity contribution in [2.24, 2.45) is 5.92 Å². The first kappa shape index (κ1) is 15.4. The van der Waals surface area contributed by atoms with Gasteiger partial charge in [-0.15, -0.1) is 0 Å². The van der Waals surface area contributed by atoms with E-state index in [1.54, 1.807) is 19.3 Å². The number of carbonyl (C=O) groups is 1. The molecule has 0 saturated carbocycles. The fourth-order valence-electron chi connectivity index (χ4n) is 2.93. The zero-order valence-corrected chi connectivity index (χ0v) is 13.1. The molecule has 2 N–H and O–H groups in total. The molecule has 0 radical (unpaired) electrons. The van der Waals surface area contributed by atoms with Crippen LogP contribution in [0.2, 0.25) is 0 Å². The van der Waals surface area contributed by atoms with E-state index >= 15 is 0 Å². The van der Waals surface area contributed by atoms with E-state index in [9.17, 15) is 4.79 Å². The summed E-state index contributed by atoms with van der Waals surface area (Å²) < 4.78 is 4.65. The van der Waals surface area contributed by atoms with Crippen molar-refractivity contribution in [2.75, 3.05) is 18.8 Å². The molecular formula is C15H20N6O2. The summed E-state index contributed by atoms with van der Waals surface area (Å²) in [7, 11) is 0. The van der Waals surface area contributed by atoms with Gasteiger partial charge >= 0.3 is 0 Å². The molecule has 1 atom stereocenters. The highest BCUT2D eigenvalue weighted by atomic mass is 16.6. The molecule has 23 heavy (non-hydrogen) atoms. The number of aryl methyl sites for hydroxylation is 1. The zero-order valence-electron chi connectivity index (χ0n) is 13.1. The van der Waals surface area contributed by atoms with Crippen molar-refractivity contribution < 1.29 is 9.42 Å². The molecule has 3 heterocycles. The molecule has 1 amide bonds. The molecule has 0 bridgehead atoms. The number of amides is 1. The lowest BCUT2D eigenvalue weighted by molar-refractivity contribution is -0.132. The predicted octanol–water partition coefficient (Wildman–Crippen LogP) is 0.774. The van der Waals surface area contributed by atoms with Gasteiger partial charge in [0, 0.05) is 25.5 Å². The van der Waals surface area contributed by atoms with Gasteiger partial charge in [-0.25, -0.2) is 9.61 Å². The number of aromatic nitrogens is 4. The second-order valence-corrected chi connectivity index (χ2v) is 5.91. The first-order valence-corrected chi connectivity index (χ1v) is 7.74. The molecule has 122 valence electrons. The van der Waals surface area contributed by atoms with Gasteiger partial charge in [0.25, 0.3) is 0 Å². The minimum atomic E-state index is 0.0561. The van der Waals surface area contributed by atoms with Crippen LogP contribution >= 0.6 is 0 Å². The topological polar surface area (TPSA) is 111 Å². The highest BCUT2D eigenvalue weighted by Crippen LogP contribution is 2.22. The minimum Gasteiger partial charge on any atom is -0.382 e. The van der Waals surface area contributed by atoms with E-state index in [1.165, 1.54) is 0 Å². The van der Waals surface area contributed by atoms with E-state index in [-0.39, 0.29) is 12.3 Å². The molecule has 2 aromatic rings. The average Bonchev–Trinajstić information content (AvgIpc) is 2.95. The molecule has 0 spiro atoms. The van der Waals surface area contributed by atoms with E-state index < -0.39 is 0 Å². The van der Waals surface area contributed by atoms with Gasteiger partial charge in [-0.1, -0.05) is 10.3 Å². The highest BCUT2D eigenvalue weighted by molar-refractivity contribution is 5.78. The Labute approximate surface area is 134 Å². The quantitative estimate of drug-likeness (QED) is 0.887. The number of nitrogens with zero attached hydrogens (tertiary/aromatic N) is 5. The van der Waals surface area contributed by atoms with Gasteiger partial charge < -0.3 is 10.6 Å². The van der Waals surface area contributed by atoms with Crippen molar-refractivity contribution in [1.82, 2.24) is 25.2 Å². The number of carbonyl (C=O) groups excluding carboxylic acids is 1. The molecule has 1 unspecified atom stereocenters. The molecule has 8 heteroatoms. The summed E-state index contributed by atoms with van der Waals surface area (Å²) >= 11 is 0. The summed E-state index contributed by atoms with van der Waals surface area (Å²) in [5.74, 6) is 0.879. The van der Waals surface area contributed by atoms with Crippen LogP contribution in [0.1, 0.15) is 29.9 Å². The normalized spacial score (nSPS) is 18.1. The maximum absolute atomic E-state index is 12.4. The summed E-state index contributed by atoms with van der Waals surface area (Å²) in [6, 6.07) is 0. The van der Waals surface area contributed by atoms with Crippen molar-refractivity contribution in [1.29, 1.82) is 0 Å². The number of likely N-dealkylation sites (tertiary alicyclic amines) is 1. The summed E-state index contributed by atoms with van der Waals surface area (Å²) in [4.78, 5) is 22.7. The Morgan fingerprint density at radius 1 is 1.35 bits per heavy atom. The number of hydrogen-bond acceptors (Lipinski definition) is 7. The van der Waals surface area contributed by atoms with Gasteiger partial charge in [0.15, 0.2) is 0 Å². The van der Waals surface area contributed by atoms with Gasteiger partial charge in [0.1, 0.15) is 17.2 Å². The van der Waals surface area contributed by atoms with Crippen LogP contribution in [0, 0.1) is 12.8 Å². The van der Waals surface area contributed by atoms with E-state index in [0.717, 1.165) is 31.5 Å². The van der Waals surface area contributed by atoms with E-state index in [4.69, 9.17) is 5.73 Å². The maximum Gasteiger partial charge on any atom is 0.228 e. The molecule has 2 aromatic heterocycles. The van der Waals surface area contributed by atoms with Crippen LogP contribution in [0.25, 0.3) is 0 Å². The number of hydrogen-bond donors (Lipinski definition) is 1. The lowest BCUT2D eigenvalue weighted by atomic mass is 9.93. The van der Waals surface area contributed by atoms with Gasteiger partial charge in [-0.3, -0.25) is 9.78 Å². The molecule has 8 nitrogen and oxygen atoms in total. The molecule has 0 aromatic carbocycles. The van der Waals surface area contributed by atoms with Crippen LogP contribution in [0.5, 0.6) is 0 Å². The molecular weight excluding hydrogens is 296 g/mol. The van der Waals surface area contributed by atoms with Crippen LogP contribution in [0.4, 0.5) is 5.82 Å². The lowest BCUT2D eigenvalue weighted by Gasteiger charge is -2.32. The molecule has 0 aliphatic carbocycles. The Hall–Kier alpha value is -2.51. The average molecular weight is 316 g/mol. The number of rotatable bonds is 4. The Morgan fingerprint density at radius 2 is 2.17 bits per heavy atom. The Bertz CT molecular complexity index is 686. The van der Waals surface area contributed by atoms with E-state index in [2.05, 4.69) is 24.9 Å². The second-order valence-electron chi connectivity index (χ2n) is 5.91. The Balaban J connectivity index is 1.61. The van der Waals surface area contributed by atoms with E-state index in [1.807, 2.05) is 4.90 Å². The van der Waals surface area contributed by atoms with Gasteiger partial charge in [-0.2, -0.15) is 0 Å². The SMILES string of the molecule is Cc1nonc1CC(=O)N1CCCC(Cc2nccnc2N)C1. The number of piperidine rings is 1. The van der Waals surface area contributed by atoms with Gasteiger partial charge in [0.2, 0.25) is 5.91 Å². The van der Waals surface area contributed by atoms with Crippen molar-refractivity contribution in [3.63, 3.8) is 0 Å². The van der Waals surface area contributed by atoms with Crippen LogP contribution in [-0.4, -0.2) is 44.2 Å². The molecule has 1 saturated heterocycles. The molecule has 1 aliphatic heterocycles. The minimum absolute atomic E-state index is 0.0561. The first-order chi connectivity index (χ1) is 11.1. The van der Waals surface area contributed by atoms with Crippen LogP contribution < -0.4 is 5.73 Å². The smallest absolute Gasteiger partial charge is 0.228 e. The number of nitrogens with two attached hydrogens (primary N) is 1. The zero-order chi connectivity index (χ0) is 16.2. The standard InChI is InChI=1S/C15H20N6O2/c1-10-12(20-23-19-10)8-14(22)21-6-2-3-11(9-21)7-13-15(16)18-5-4-17-13/h4-5,11H,2-3,6-9H2,1H3,(H2,16,18). The summed E-state index contributed by atoms with van der Waals surface area (Å²) in [6.07, 6.45) is 6.25. The molecule has 1 aliphatic rings. The number of anilines is 1. The lowest BCUT2D eigenvalue weighted by Crippen LogP contribution is -2.41. The van der Waals surface area contributed by atoms with Crippen LogP contribution in [-0.2, 0) is 17.6 Å². The van der Waals surface area contributed by atoms with Gasteiger partial charge in [-0.05, 0) is 32.1 Å². The monoisotopic (exact) mass is 316 g/mol. The van der Waals surface area contributed by atoms with Gasteiger partial charge in [0.05, 0.1) is 12.1 Å². The van der Waals surface area contributed by atoms with Crippen molar-refractivity contribution in [3.8, 4) is 0 Å². The second kappa shape index (κ2) is 6.72. The molecule has 3 rings (SSSR count). The van der Waals surface area contributed by atoms with Crippen molar-refractivity contribution >= 4 is 11.7 Å². The van der Waals surface area contributed by atoms with Crippen LogP contribution in [0.3, 0.4) is 0 Å². The third-order valence-corrected chi connectivity index (χ3v) is 4.23. The number of nitrogen functional groups attached to an aromatic ring is 1. The van der Waals surface area contributed by atoms with Crippen LogP contribution in [0.15, 0.2) is 17.0 Å². The largest absolute Gasteiger partial charge is 0.382 e. The summed E-state index contributed by atoms with van der Waals surface area (Å²) in [5, 5.41) is 7.49. The van der Waals surface area contributed by atoms with E-state index in [0.29, 0.717) is 29.7 Å². The first-order valence-electron chi connectivity index (χ1n) is 7.74. The molecule has 1 fully saturated rings. The third-order valence-electron chi connectivity index (χ3n) is 4.23. The third kappa shape index (κ3) is 3.64. The fraction of sp³-hybridized carbons (Fsp3) is 0.533. The predicted molar refractivity (Wildman–Crippen MR) is 82.2 cm³/mol. The summed E-state index contributed by atoms with van der Waals surface area (Å²) in [5.41, 5.74) is 7.94. The van der Waals surface area contributed by atoms with Crippen molar-refractivity contribution in [3.05, 3.63) is 29.5 Å². The Kier molecular flexibility index (Phi) is 4.50. The van der Waals surface area contributed by atoms with Crippen molar-refractivity contribution in [2.45, 2.75) is 32.6 Å².